The molecule has 0 aliphatic rings. The lowest BCUT2D eigenvalue weighted by atomic mass is 9.83. The third-order valence-corrected chi connectivity index (χ3v) is 4.65. The Balaban J connectivity index is 1.54. The first-order valence-electron chi connectivity index (χ1n) is 9.32. The number of nitrogens with zero attached hydrogens (tertiary/aromatic N) is 3. The highest BCUT2D eigenvalue weighted by molar-refractivity contribution is 5.76. The SMILES string of the molecule is CC(C)(CNC(=O)CCc1nc(-c2cccnc2)no1)c1cccc(C(F)(F)F)c1. The minimum atomic E-state index is -4.41. The quantitative estimate of drug-likeness (QED) is 0.623. The summed E-state index contributed by atoms with van der Waals surface area (Å²) < 4.78 is 44.0. The third-order valence-electron chi connectivity index (χ3n) is 4.65. The van der Waals surface area contributed by atoms with Crippen LogP contribution in [-0.2, 0) is 22.8 Å². The van der Waals surface area contributed by atoms with Crippen LogP contribution in [0.15, 0.2) is 53.3 Å². The number of aryl methyl sites for hydroxylation is 1. The first-order chi connectivity index (χ1) is 14.1. The van der Waals surface area contributed by atoms with Gasteiger partial charge in [-0.25, -0.2) is 0 Å². The number of carbonyl (C=O) groups is 1. The van der Waals surface area contributed by atoms with E-state index in [4.69, 9.17) is 4.52 Å². The molecule has 0 bridgehead atoms. The first kappa shape index (κ1) is 21.5. The van der Waals surface area contributed by atoms with E-state index in [2.05, 4.69) is 20.4 Å². The summed E-state index contributed by atoms with van der Waals surface area (Å²) in [6, 6.07) is 8.69. The summed E-state index contributed by atoms with van der Waals surface area (Å²) in [7, 11) is 0. The van der Waals surface area contributed by atoms with Crippen LogP contribution in [0.2, 0.25) is 0 Å². The molecule has 3 aromatic rings. The maximum Gasteiger partial charge on any atom is 0.416 e. The van der Waals surface area contributed by atoms with Gasteiger partial charge in [0.25, 0.3) is 0 Å². The lowest BCUT2D eigenvalue weighted by Crippen LogP contribution is -2.37. The number of nitrogens with one attached hydrogen (secondary N) is 1. The van der Waals surface area contributed by atoms with E-state index in [0.717, 1.165) is 12.1 Å². The van der Waals surface area contributed by atoms with E-state index in [-0.39, 0.29) is 25.3 Å². The summed E-state index contributed by atoms with van der Waals surface area (Å²) in [5, 5.41) is 6.64. The van der Waals surface area contributed by atoms with Gasteiger partial charge in [0, 0.05) is 42.8 Å². The van der Waals surface area contributed by atoms with Gasteiger partial charge in [0.1, 0.15) is 0 Å². The number of aromatic nitrogens is 3. The molecule has 0 unspecified atom stereocenters. The molecule has 1 N–H and O–H groups in total. The molecule has 1 aromatic carbocycles. The fourth-order valence-corrected chi connectivity index (χ4v) is 2.82. The molecule has 0 saturated carbocycles. The van der Waals surface area contributed by atoms with Crippen LogP contribution in [-0.4, -0.2) is 27.6 Å². The van der Waals surface area contributed by atoms with Crippen molar-refractivity contribution in [3.63, 3.8) is 0 Å². The Labute approximate surface area is 171 Å². The average Bonchev–Trinajstić information content (AvgIpc) is 3.20. The molecule has 0 radical (unpaired) electrons. The lowest BCUT2D eigenvalue weighted by Gasteiger charge is -2.26. The van der Waals surface area contributed by atoms with Crippen molar-refractivity contribution in [2.45, 2.75) is 38.3 Å². The molecule has 9 heteroatoms. The predicted octanol–water partition coefficient (Wildman–Crippen LogP) is 4.18. The number of carbonyl (C=O) groups excluding carboxylic acids is 1. The van der Waals surface area contributed by atoms with Crippen LogP contribution < -0.4 is 5.32 Å². The normalized spacial score (nSPS) is 12.0. The average molecular weight is 418 g/mol. The second-order valence-electron chi connectivity index (χ2n) is 7.49. The summed E-state index contributed by atoms with van der Waals surface area (Å²) in [5.41, 5.74) is -0.176. The van der Waals surface area contributed by atoms with Crippen molar-refractivity contribution in [1.29, 1.82) is 0 Å². The van der Waals surface area contributed by atoms with Crippen LogP contribution in [0, 0.1) is 0 Å². The van der Waals surface area contributed by atoms with Crippen LogP contribution >= 0.6 is 0 Å². The van der Waals surface area contributed by atoms with E-state index in [9.17, 15) is 18.0 Å². The maximum absolute atomic E-state index is 12.9. The van der Waals surface area contributed by atoms with Gasteiger partial charge in [-0.1, -0.05) is 37.2 Å². The Morgan fingerprint density at radius 2 is 1.90 bits per heavy atom. The predicted molar refractivity (Wildman–Crippen MR) is 103 cm³/mol. The lowest BCUT2D eigenvalue weighted by molar-refractivity contribution is -0.137. The number of pyridine rings is 1. The highest BCUT2D eigenvalue weighted by Gasteiger charge is 2.32. The minimum absolute atomic E-state index is 0.118. The third kappa shape index (κ3) is 5.43. The highest BCUT2D eigenvalue weighted by Crippen LogP contribution is 2.32. The molecule has 0 aliphatic carbocycles. The van der Waals surface area contributed by atoms with Gasteiger partial charge in [-0.15, -0.1) is 0 Å². The Hall–Kier alpha value is -3.23. The molecule has 3 rings (SSSR count). The van der Waals surface area contributed by atoms with Gasteiger partial charge >= 0.3 is 6.18 Å². The van der Waals surface area contributed by atoms with Gasteiger partial charge in [0.15, 0.2) is 0 Å². The Kier molecular flexibility index (Phi) is 6.19. The molecule has 0 fully saturated rings. The van der Waals surface area contributed by atoms with E-state index < -0.39 is 17.2 Å². The van der Waals surface area contributed by atoms with Crippen LogP contribution in [0.3, 0.4) is 0 Å². The second kappa shape index (κ2) is 8.64. The Morgan fingerprint density at radius 1 is 1.13 bits per heavy atom. The molecule has 0 spiro atoms. The molecular formula is C21H21F3N4O2. The first-order valence-corrected chi connectivity index (χ1v) is 9.32. The molecule has 6 nitrogen and oxygen atoms in total. The zero-order valence-corrected chi connectivity index (χ0v) is 16.5. The van der Waals surface area contributed by atoms with Gasteiger partial charge in [0.05, 0.1) is 5.56 Å². The highest BCUT2D eigenvalue weighted by atomic mass is 19.4. The maximum atomic E-state index is 12.9. The molecule has 30 heavy (non-hydrogen) atoms. The van der Waals surface area contributed by atoms with Gasteiger partial charge in [-0.3, -0.25) is 9.78 Å². The number of rotatable bonds is 7. The Morgan fingerprint density at radius 3 is 2.60 bits per heavy atom. The number of amides is 1. The molecule has 2 aromatic heterocycles. The van der Waals surface area contributed by atoms with E-state index in [1.165, 1.54) is 6.07 Å². The van der Waals surface area contributed by atoms with Crippen LogP contribution in [0.4, 0.5) is 13.2 Å². The second-order valence-corrected chi connectivity index (χ2v) is 7.49. The van der Waals surface area contributed by atoms with Crippen LogP contribution in [0.5, 0.6) is 0 Å². The monoisotopic (exact) mass is 418 g/mol. The topological polar surface area (TPSA) is 80.9 Å². The van der Waals surface area contributed by atoms with Crippen molar-refractivity contribution < 1.29 is 22.5 Å². The summed E-state index contributed by atoms with van der Waals surface area (Å²) in [6.45, 7) is 3.75. The molecule has 0 saturated heterocycles. The van der Waals surface area contributed by atoms with Gasteiger partial charge in [-0.2, -0.15) is 18.2 Å². The molecule has 1 amide bonds. The van der Waals surface area contributed by atoms with Crippen molar-refractivity contribution in [3.05, 3.63) is 65.8 Å². The minimum Gasteiger partial charge on any atom is -0.355 e. The van der Waals surface area contributed by atoms with Crippen molar-refractivity contribution in [3.8, 4) is 11.4 Å². The molecule has 2 heterocycles. The zero-order chi connectivity index (χ0) is 21.8. The summed E-state index contributed by atoms with van der Waals surface area (Å²) in [4.78, 5) is 20.4. The molecule has 158 valence electrons. The van der Waals surface area contributed by atoms with Gasteiger partial charge in [0.2, 0.25) is 17.6 Å². The summed E-state index contributed by atoms with van der Waals surface area (Å²) in [6.07, 6.45) is -0.794. The number of hydrogen-bond acceptors (Lipinski definition) is 5. The molecule has 0 aliphatic heterocycles. The van der Waals surface area contributed by atoms with Gasteiger partial charge in [-0.05, 0) is 23.8 Å². The molecule has 0 atom stereocenters. The number of halogens is 3. The van der Waals surface area contributed by atoms with E-state index >= 15 is 0 Å². The number of alkyl halides is 3. The van der Waals surface area contributed by atoms with Crippen molar-refractivity contribution in [2.24, 2.45) is 0 Å². The number of hydrogen-bond donors (Lipinski definition) is 1. The van der Waals surface area contributed by atoms with Crippen molar-refractivity contribution >= 4 is 5.91 Å². The van der Waals surface area contributed by atoms with Crippen LogP contribution in [0.1, 0.15) is 37.3 Å². The fraction of sp³-hybridized carbons (Fsp3) is 0.333. The fourth-order valence-electron chi connectivity index (χ4n) is 2.82. The van der Waals surface area contributed by atoms with Crippen molar-refractivity contribution in [2.75, 3.05) is 6.54 Å². The largest absolute Gasteiger partial charge is 0.416 e. The van der Waals surface area contributed by atoms with Crippen LogP contribution in [0.25, 0.3) is 11.4 Å². The zero-order valence-electron chi connectivity index (χ0n) is 16.5. The Bertz CT molecular complexity index is 1000. The summed E-state index contributed by atoms with van der Waals surface area (Å²) in [5.74, 6) is 0.460. The van der Waals surface area contributed by atoms with E-state index in [0.29, 0.717) is 22.8 Å². The van der Waals surface area contributed by atoms with Gasteiger partial charge < -0.3 is 9.84 Å². The van der Waals surface area contributed by atoms with E-state index in [1.807, 2.05) is 0 Å². The molecular weight excluding hydrogens is 397 g/mol. The number of benzene rings is 1. The standard InChI is InChI=1S/C21H21F3N4O2/c1-20(2,15-6-3-7-16(11-15)21(22,23)24)13-26-17(29)8-9-18-27-19(28-30-18)14-5-4-10-25-12-14/h3-7,10-12H,8-9,13H2,1-2H3,(H,26,29). The smallest absolute Gasteiger partial charge is 0.355 e. The summed E-state index contributed by atoms with van der Waals surface area (Å²) >= 11 is 0. The van der Waals surface area contributed by atoms with E-state index in [1.54, 1.807) is 44.4 Å². The van der Waals surface area contributed by atoms with Crippen molar-refractivity contribution in [1.82, 2.24) is 20.4 Å².